The van der Waals surface area contributed by atoms with E-state index < -0.39 is 4.92 Å². The molecule has 1 aromatic carbocycles. The van der Waals surface area contributed by atoms with Gasteiger partial charge in [0, 0.05) is 3.57 Å². The van der Waals surface area contributed by atoms with E-state index in [0.29, 0.717) is 5.75 Å². The molecule has 9 heteroatoms. The van der Waals surface area contributed by atoms with Crippen molar-refractivity contribution < 1.29 is 9.66 Å². The van der Waals surface area contributed by atoms with E-state index in [1.807, 2.05) is 12.1 Å². The molecule has 1 aromatic heterocycles. The molecule has 0 aliphatic heterocycles. The van der Waals surface area contributed by atoms with Crippen LogP contribution in [0.25, 0.3) is 0 Å². The molecule has 104 valence electrons. The summed E-state index contributed by atoms with van der Waals surface area (Å²) in [6.07, 6.45) is 0. The SMILES string of the molecule is Cc1nc(NN)nc(Oc2ccc(I)cc2)c1[N+](=O)[O-]. The molecule has 8 nitrogen and oxygen atoms in total. The van der Waals surface area contributed by atoms with Gasteiger partial charge in [0.2, 0.25) is 5.95 Å². The number of hydrazine groups is 1. The Balaban J connectivity index is 2.45. The predicted molar refractivity (Wildman–Crippen MR) is 80.5 cm³/mol. The molecule has 0 aliphatic rings. The van der Waals surface area contributed by atoms with E-state index in [4.69, 9.17) is 10.6 Å². The van der Waals surface area contributed by atoms with Crippen LogP contribution in [0.4, 0.5) is 11.6 Å². The molecule has 0 amide bonds. The third kappa shape index (κ3) is 3.11. The van der Waals surface area contributed by atoms with Crippen LogP contribution in [0.15, 0.2) is 24.3 Å². The summed E-state index contributed by atoms with van der Waals surface area (Å²) in [5, 5.41) is 11.1. The number of aryl methyl sites for hydroxylation is 1. The maximum atomic E-state index is 11.1. The Labute approximate surface area is 127 Å². The van der Waals surface area contributed by atoms with Crippen molar-refractivity contribution in [3.05, 3.63) is 43.6 Å². The fourth-order valence-electron chi connectivity index (χ4n) is 1.50. The van der Waals surface area contributed by atoms with Gasteiger partial charge in [0.15, 0.2) is 0 Å². The average Bonchev–Trinajstić information content (AvgIpc) is 2.40. The number of hydrogen-bond donors (Lipinski definition) is 2. The normalized spacial score (nSPS) is 10.2. The zero-order chi connectivity index (χ0) is 14.7. The first-order valence-electron chi connectivity index (χ1n) is 5.44. The lowest BCUT2D eigenvalue weighted by atomic mass is 10.3. The number of nitrogens with zero attached hydrogens (tertiary/aromatic N) is 3. The lowest BCUT2D eigenvalue weighted by Gasteiger charge is -2.08. The smallest absolute Gasteiger partial charge is 0.352 e. The van der Waals surface area contributed by atoms with Crippen molar-refractivity contribution in [1.29, 1.82) is 0 Å². The minimum Gasteiger partial charge on any atom is -0.434 e. The molecular formula is C11H10IN5O3. The molecule has 2 rings (SSSR count). The highest BCUT2D eigenvalue weighted by Crippen LogP contribution is 2.32. The first-order chi connectivity index (χ1) is 9.51. The maximum absolute atomic E-state index is 11.1. The van der Waals surface area contributed by atoms with Crippen LogP contribution in [0.5, 0.6) is 11.6 Å². The van der Waals surface area contributed by atoms with Crippen LogP contribution in [0.1, 0.15) is 5.69 Å². The van der Waals surface area contributed by atoms with E-state index >= 15 is 0 Å². The second-order valence-corrected chi connectivity index (χ2v) is 4.99. The lowest BCUT2D eigenvalue weighted by Crippen LogP contribution is -2.12. The van der Waals surface area contributed by atoms with Gasteiger partial charge in [0.25, 0.3) is 0 Å². The minimum absolute atomic E-state index is 0.0496. The molecule has 2 aromatic rings. The Morgan fingerprint density at radius 2 is 2.00 bits per heavy atom. The number of nitrogens with one attached hydrogen (secondary N) is 1. The highest BCUT2D eigenvalue weighted by atomic mass is 127. The summed E-state index contributed by atoms with van der Waals surface area (Å²) in [5.41, 5.74) is 2.12. The summed E-state index contributed by atoms with van der Waals surface area (Å²) in [5.74, 6) is 5.56. The molecule has 1 heterocycles. The highest BCUT2D eigenvalue weighted by Gasteiger charge is 2.24. The van der Waals surface area contributed by atoms with Crippen LogP contribution in [0, 0.1) is 20.6 Å². The number of rotatable bonds is 4. The van der Waals surface area contributed by atoms with Gasteiger partial charge >= 0.3 is 11.6 Å². The number of nitrogen functional groups attached to an aromatic ring is 1. The molecule has 0 atom stereocenters. The Hall–Kier alpha value is -2.01. The molecular weight excluding hydrogens is 377 g/mol. The van der Waals surface area contributed by atoms with Crippen molar-refractivity contribution in [2.75, 3.05) is 5.43 Å². The number of nitro groups is 1. The number of benzene rings is 1. The summed E-state index contributed by atoms with van der Waals surface area (Å²) in [6, 6.07) is 7.02. The predicted octanol–water partition coefficient (Wildman–Crippen LogP) is 2.38. The third-order valence-electron chi connectivity index (χ3n) is 2.37. The van der Waals surface area contributed by atoms with Crippen LogP contribution >= 0.6 is 22.6 Å². The van der Waals surface area contributed by atoms with E-state index in [0.717, 1.165) is 3.57 Å². The van der Waals surface area contributed by atoms with Gasteiger partial charge in [-0.05, 0) is 53.8 Å². The molecule has 0 saturated heterocycles. The molecule has 0 bridgehead atoms. The zero-order valence-electron chi connectivity index (χ0n) is 10.3. The number of anilines is 1. The van der Waals surface area contributed by atoms with E-state index in [2.05, 4.69) is 38.0 Å². The summed E-state index contributed by atoms with van der Waals surface area (Å²) in [6.45, 7) is 1.49. The molecule has 0 radical (unpaired) electrons. The molecule has 3 N–H and O–H groups in total. The Morgan fingerprint density at radius 3 is 2.55 bits per heavy atom. The maximum Gasteiger partial charge on any atom is 0.352 e. The van der Waals surface area contributed by atoms with Crippen LogP contribution < -0.4 is 16.0 Å². The summed E-state index contributed by atoms with van der Waals surface area (Å²) < 4.78 is 6.48. The fraction of sp³-hybridized carbons (Fsp3) is 0.0909. The van der Waals surface area contributed by atoms with E-state index in [-0.39, 0.29) is 23.2 Å². The largest absolute Gasteiger partial charge is 0.434 e. The molecule has 0 unspecified atom stereocenters. The lowest BCUT2D eigenvalue weighted by molar-refractivity contribution is -0.386. The molecule has 0 fully saturated rings. The number of ether oxygens (including phenoxy) is 1. The molecule has 0 saturated carbocycles. The van der Waals surface area contributed by atoms with Crippen molar-refractivity contribution >= 4 is 34.2 Å². The van der Waals surface area contributed by atoms with Crippen molar-refractivity contribution in [1.82, 2.24) is 9.97 Å². The van der Waals surface area contributed by atoms with E-state index in [9.17, 15) is 10.1 Å². The Kier molecular flexibility index (Phi) is 4.29. The number of aromatic nitrogens is 2. The van der Waals surface area contributed by atoms with Gasteiger partial charge in [-0.15, -0.1) is 0 Å². The Morgan fingerprint density at radius 1 is 1.35 bits per heavy atom. The highest BCUT2D eigenvalue weighted by molar-refractivity contribution is 14.1. The third-order valence-corrected chi connectivity index (χ3v) is 3.09. The Bertz CT molecular complexity index is 647. The summed E-state index contributed by atoms with van der Waals surface area (Å²) >= 11 is 2.15. The second-order valence-electron chi connectivity index (χ2n) is 3.74. The molecule has 0 aliphatic carbocycles. The van der Waals surface area contributed by atoms with Crippen molar-refractivity contribution in [3.63, 3.8) is 0 Å². The van der Waals surface area contributed by atoms with Crippen molar-refractivity contribution in [2.45, 2.75) is 6.92 Å². The number of nitrogens with two attached hydrogens (primary N) is 1. The van der Waals surface area contributed by atoms with Crippen LogP contribution in [-0.2, 0) is 0 Å². The average molecular weight is 387 g/mol. The molecule has 20 heavy (non-hydrogen) atoms. The number of hydrogen-bond acceptors (Lipinski definition) is 7. The van der Waals surface area contributed by atoms with Crippen molar-refractivity contribution in [2.24, 2.45) is 5.84 Å². The summed E-state index contributed by atoms with van der Waals surface area (Å²) in [4.78, 5) is 18.2. The number of halogens is 1. The van der Waals surface area contributed by atoms with Crippen LogP contribution in [0.3, 0.4) is 0 Å². The standard InChI is InChI=1S/C11H10IN5O3/c1-6-9(17(18)19)10(15-11(14-6)16-13)20-8-4-2-7(12)3-5-8/h2-5H,13H2,1H3,(H,14,15,16). The van der Waals surface area contributed by atoms with E-state index in [1.165, 1.54) is 6.92 Å². The zero-order valence-corrected chi connectivity index (χ0v) is 12.5. The van der Waals surface area contributed by atoms with Crippen LogP contribution in [0.2, 0.25) is 0 Å². The van der Waals surface area contributed by atoms with Gasteiger partial charge in [0.1, 0.15) is 11.4 Å². The fourth-order valence-corrected chi connectivity index (χ4v) is 1.86. The van der Waals surface area contributed by atoms with Gasteiger partial charge in [-0.25, -0.2) is 10.8 Å². The quantitative estimate of drug-likeness (QED) is 0.358. The van der Waals surface area contributed by atoms with Crippen LogP contribution in [-0.4, -0.2) is 14.9 Å². The minimum atomic E-state index is -0.586. The second kappa shape index (κ2) is 5.96. The molecule has 0 spiro atoms. The first kappa shape index (κ1) is 14.4. The van der Waals surface area contributed by atoms with E-state index in [1.54, 1.807) is 12.1 Å². The monoisotopic (exact) mass is 387 g/mol. The summed E-state index contributed by atoms with van der Waals surface area (Å²) in [7, 11) is 0. The topological polar surface area (TPSA) is 116 Å². The van der Waals surface area contributed by atoms with Gasteiger partial charge in [-0.2, -0.15) is 4.98 Å². The first-order valence-corrected chi connectivity index (χ1v) is 6.52. The van der Waals surface area contributed by atoms with Gasteiger partial charge in [-0.3, -0.25) is 15.5 Å². The van der Waals surface area contributed by atoms with Gasteiger partial charge < -0.3 is 4.74 Å². The van der Waals surface area contributed by atoms with Gasteiger partial charge in [-0.1, -0.05) is 0 Å². The van der Waals surface area contributed by atoms with Crippen molar-refractivity contribution in [3.8, 4) is 11.6 Å². The van der Waals surface area contributed by atoms with Gasteiger partial charge in [0.05, 0.1) is 4.92 Å².